The SMILES string of the molecule is CCCCCCCCSc1nc2ccc(S(=O)(=O)N(Cc3ccccc3)[C@@H](C(=O)O)C(C)C)cc2s1. The number of hydrogen-bond acceptors (Lipinski definition) is 6. The third-order valence-corrected chi connectivity index (χ3v) is 10.1. The van der Waals surface area contributed by atoms with Crippen molar-refractivity contribution in [3.63, 3.8) is 0 Å². The molecule has 0 saturated carbocycles. The van der Waals surface area contributed by atoms with Gasteiger partial charge >= 0.3 is 5.97 Å². The monoisotopic (exact) mass is 548 g/mol. The van der Waals surface area contributed by atoms with Gasteiger partial charge in [-0.3, -0.25) is 4.79 Å². The molecular weight excluding hydrogens is 513 g/mol. The molecule has 36 heavy (non-hydrogen) atoms. The molecule has 6 nitrogen and oxygen atoms in total. The minimum Gasteiger partial charge on any atom is -0.480 e. The van der Waals surface area contributed by atoms with E-state index in [2.05, 4.69) is 11.9 Å². The first kappa shape index (κ1) is 28.6. The van der Waals surface area contributed by atoms with Crippen LogP contribution in [0.15, 0.2) is 57.8 Å². The first-order valence-electron chi connectivity index (χ1n) is 12.6. The van der Waals surface area contributed by atoms with E-state index in [1.807, 2.05) is 18.2 Å². The Labute approximate surface area is 223 Å². The van der Waals surface area contributed by atoms with E-state index in [1.165, 1.54) is 49.5 Å². The van der Waals surface area contributed by atoms with Gasteiger partial charge in [-0.15, -0.1) is 11.3 Å². The number of thioether (sulfide) groups is 1. The molecule has 0 amide bonds. The van der Waals surface area contributed by atoms with E-state index in [0.29, 0.717) is 0 Å². The lowest BCUT2D eigenvalue weighted by atomic mass is 10.0. The highest BCUT2D eigenvalue weighted by atomic mass is 32.2. The Balaban J connectivity index is 1.82. The highest BCUT2D eigenvalue weighted by Crippen LogP contribution is 2.33. The maximum Gasteiger partial charge on any atom is 0.322 e. The molecule has 0 fully saturated rings. The van der Waals surface area contributed by atoms with Crippen molar-refractivity contribution in [2.24, 2.45) is 5.92 Å². The molecule has 0 aliphatic rings. The zero-order valence-electron chi connectivity index (χ0n) is 21.2. The van der Waals surface area contributed by atoms with Gasteiger partial charge in [0.25, 0.3) is 0 Å². The Morgan fingerprint density at radius 1 is 1.06 bits per heavy atom. The summed E-state index contributed by atoms with van der Waals surface area (Å²) in [6.45, 7) is 5.66. The molecule has 0 unspecified atom stereocenters. The number of carboxylic acid groups (broad SMARTS) is 1. The van der Waals surface area contributed by atoms with Gasteiger partial charge in [-0.2, -0.15) is 4.31 Å². The fourth-order valence-corrected chi connectivity index (χ4v) is 8.10. The molecule has 1 aromatic heterocycles. The summed E-state index contributed by atoms with van der Waals surface area (Å²) in [7, 11) is -4.08. The van der Waals surface area contributed by atoms with Gasteiger partial charge in [-0.05, 0) is 36.1 Å². The van der Waals surface area contributed by atoms with E-state index in [9.17, 15) is 18.3 Å². The highest BCUT2D eigenvalue weighted by molar-refractivity contribution is 8.01. The van der Waals surface area contributed by atoms with Crippen molar-refractivity contribution in [1.82, 2.24) is 9.29 Å². The highest BCUT2D eigenvalue weighted by Gasteiger charge is 2.38. The Hall–Kier alpha value is -1.94. The maximum absolute atomic E-state index is 13.8. The normalized spacial score (nSPS) is 13.0. The minimum atomic E-state index is -4.08. The first-order chi connectivity index (χ1) is 17.2. The number of fused-ring (bicyclic) bond motifs is 1. The van der Waals surface area contributed by atoms with E-state index in [1.54, 1.807) is 49.9 Å². The number of carboxylic acids is 1. The molecule has 9 heteroatoms. The second kappa shape index (κ2) is 13.6. The summed E-state index contributed by atoms with van der Waals surface area (Å²) in [6.07, 6.45) is 7.46. The number of aliphatic carboxylic acids is 1. The molecule has 3 aromatic rings. The van der Waals surface area contributed by atoms with Crippen molar-refractivity contribution in [2.75, 3.05) is 5.75 Å². The zero-order chi connectivity index (χ0) is 26.1. The van der Waals surface area contributed by atoms with Gasteiger partial charge in [0.05, 0.1) is 15.1 Å². The van der Waals surface area contributed by atoms with Gasteiger partial charge in [0.2, 0.25) is 10.0 Å². The Bertz CT molecular complexity index is 1230. The molecule has 0 saturated heterocycles. The van der Waals surface area contributed by atoms with Crippen LogP contribution in [-0.4, -0.2) is 40.6 Å². The number of thiazole rings is 1. The molecule has 1 heterocycles. The van der Waals surface area contributed by atoms with Crippen LogP contribution in [0.3, 0.4) is 0 Å². The van der Waals surface area contributed by atoms with Crippen LogP contribution in [0.2, 0.25) is 0 Å². The second-order valence-corrected chi connectivity index (χ2v) is 13.6. The third-order valence-electron chi connectivity index (χ3n) is 6.05. The van der Waals surface area contributed by atoms with Crippen LogP contribution in [0.5, 0.6) is 0 Å². The molecule has 1 atom stereocenters. The van der Waals surface area contributed by atoms with Crippen molar-refractivity contribution < 1.29 is 18.3 Å². The summed E-state index contributed by atoms with van der Waals surface area (Å²) in [6, 6.07) is 12.8. The van der Waals surface area contributed by atoms with Gasteiger partial charge in [0.1, 0.15) is 6.04 Å². The smallest absolute Gasteiger partial charge is 0.322 e. The number of aromatic nitrogens is 1. The van der Waals surface area contributed by atoms with Gasteiger partial charge < -0.3 is 5.11 Å². The topological polar surface area (TPSA) is 87.6 Å². The van der Waals surface area contributed by atoms with E-state index in [-0.39, 0.29) is 11.4 Å². The molecule has 0 aliphatic carbocycles. The minimum absolute atomic E-state index is 0.0155. The molecule has 3 rings (SSSR count). The maximum atomic E-state index is 13.8. The zero-order valence-corrected chi connectivity index (χ0v) is 23.7. The van der Waals surface area contributed by atoms with Crippen LogP contribution in [0, 0.1) is 5.92 Å². The summed E-state index contributed by atoms with van der Waals surface area (Å²) in [5.74, 6) is -0.564. The van der Waals surface area contributed by atoms with Crippen LogP contribution >= 0.6 is 23.1 Å². The van der Waals surface area contributed by atoms with Gasteiger partial charge in [0.15, 0.2) is 4.34 Å². The predicted molar refractivity (Wildman–Crippen MR) is 149 cm³/mol. The van der Waals surface area contributed by atoms with Crippen molar-refractivity contribution in [1.29, 1.82) is 0 Å². The quantitative estimate of drug-likeness (QED) is 0.162. The lowest BCUT2D eigenvalue weighted by molar-refractivity contribution is -0.143. The first-order valence-corrected chi connectivity index (χ1v) is 15.8. The standard InChI is InChI=1S/C27H36N2O4S3/c1-4-5-6-7-8-12-17-34-27-28-23-16-15-22(18-24(23)35-27)36(32,33)29(25(20(2)3)26(30)31)19-21-13-10-9-11-14-21/h9-11,13-16,18,20,25H,4-8,12,17,19H2,1-3H3,(H,30,31)/t25-/m1/s1. The van der Waals surface area contributed by atoms with Gasteiger partial charge in [-0.1, -0.05) is 95.0 Å². The van der Waals surface area contributed by atoms with Crippen LogP contribution in [0.1, 0.15) is 64.9 Å². The van der Waals surface area contributed by atoms with Crippen LogP contribution in [-0.2, 0) is 21.4 Å². The van der Waals surface area contributed by atoms with Crippen LogP contribution in [0.4, 0.5) is 0 Å². The number of sulfonamides is 1. The number of benzene rings is 2. The molecule has 1 N–H and O–H groups in total. The number of carbonyl (C=O) groups is 1. The van der Waals surface area contributed by atoms with Gasteiger partial charge in [-0.25, -0.2) is 13.4 Å². The molecule has 196 valence electrons. The van der Waals surface area contributed by atoms with Crippen molar-refractivity contribution in [3.8, 4) is 0 Å². The lowest BCUT2D eigenvalue weighted by Crippen LogP contribution is -2.47. The lowest BCUT2D eigenvalue weighted by Gasteiger charge is -2.30. The molecule has 0 radical (unpaired) electrons. The fraction of sp³-hybridized carbons (Fsp3) is 0.481. The van der Waals surface area contributed by atoms with E-state index < -0.39 is 28.0 Å². The van der Waals surface area contributed by atoms with Crippen LogP contribution in [0.25, 0.3) is 10.2 Å². The average Bonchev–Trinajstić information content (AvgIpc) is 3.25. The summed E-state index contributed by atoms with van der Waals surface area (Å²) >= 11 is 3.20. The summed E-state index contributed by atoms with van der Waals surface area (Å²) < 4.78 is 30.4. The molecule has 0 aliphatic heterocycles. The number of hydrogen-bond donors (Lipinski definition) is 1. The van der Waals surface area contributed by atoms with E-state index >= 15 is 0 Å². The average molecular weight is 549 g/mol. The number of nitrogens with zero attached hydrogens (tertiary/aromatic N) is 2. The van der Waals surface area contributed by atoms with Gasteiger partial charge in [0, 0.05) is 12.3 Å². The van der Waals surface area contributed by atoms with Crippen LogP contribution < -0.4 is 0 Å². The number of unbranched alkanes of at least 4 members (excludes halogenated alkanes) is 5. The van der Waals surface area contributed by atoms with E-state index in [0.717, 1.165) is 36.6 Å². The van der Waals surface area contributed by atoms with Crippen molar-refractivity contribution in [2.45, 2.75) is 81.1 Å². The molecule has 0 bridgehead atoms. The third kappa shape index (κ3) is 7.54. The number of rotatable bonds is 15. The Morgan fingerprint density at radius 3 is 2.42 bits per heavy atom. The summed E-state index contributed by atoms with van der Waals surface area (Å²) in [5, 5.41) is 9.92. The van der Waals surface area contributed by atoms with Crippen molar-refractivity contribution in [3.05, 3.63) is 54.1 Å². The predicted octanol–water partition coefficient (Wildman–Crippen LogP) is 7.05. The fourth-order valence-electron chi connectivity index (χ4n) is 4.12. The largest absolute Gasteiger partial charge is 0.480 e. The summed E-state index contributed by atoms with van der Waals surface area (Å²) in [5.41, 5.74) is 1.50. The summed E-state index contributed by atoms with van der Waals surface area (Å²) in [4.78, 5) is 16.9. The van der Waals surface area contributed by atoms with Crippen molar-refractivity contribution >= 4 is 49.3 Å². The molecular formula is C27H36N2O4S3. The second-order valence-electron chi connectivity index (χ2n) is 9.29. The van der Waals surface area contributed by atoms with E-state index in [4.69, 9.17) is 0 Å². The molecule has 2 aromatic carbocycles. The Kier molecular flexibility index (Phi) is 10.8. The Morgan fingerprint density at radius 2 is 1.75 bits per heavy atom. The molecule has 0 spiro atoms.